The number of hydrogen-bond acceptors (Lipinski definition) is 4. The van der Waals surface area contributed by atoms with Gasteiger partial charge in [0.25, 0.3) is 0 Å². The summed E-state index contributed by atoms with van der Waals surface area (Å²) in [5.74, 6) is 0.902. The molecule has 5 nitrogen and oxygen atoms in total. The van der Waals surface area contributed by atoms with Gasteiger partial charge in [-0.05, 0) is 48.7 Å². The van der Waals surface area contributed by atoms with Crippen molar-refractivity contribution in [2.45, 2.75) is 56.5 Å². The molecular weight excluding hydrogens is 382 g/mol. The van der Waals surface area contributed by atoms with Crippen molar-refractivity contribution in [3.05, 3.63) is 16.6 Å². The molecule has 1 saturated carbocycles. The molecule has 0 aromatic heterocycles. The van der Waals surface area contributed by atoms with Crippen LogP contribution in [0.5, 0.6) is 11.5 Å². The maximum absolute atomic E-state index is 13.2. The van der Waals surface area contributed by atoms with Gasteiger partial charge in [0.2, 0.25) is 10.0 Å². The molecule has 0 unspecified atom stereocenters. The lowest BCUT2D eigenvalue weighted by molar-refractivity contribution is 0.275. The number of rotatable bonds is 6. The fraction of sp³-hybridized carbons (Fsp3) is 0.625. The van der Waals surface area contributed by atoms with Crippen LogP contribution >= 0.6 is 15.9 Å². The molecular formula is C16H24BrNO4S. The number of benzene rings is 1. The Hall–Kier alpha value is -0.790. The van der Waals surface area contributed by atoms with E-state index in [1.807, 2.05) is 13.8 Å². The Kier molecular flexibility index (Phi) is 5.97. The largest absolute Gasteiger partial charge is 0.493 e. The molecule has 1 aromatic carbocycles. The van der Waals surface area contributed by atoms with Gasteiger partial charge >= 0.3 is 0 Å². The summed E-state index contributed by atoms with van der Waals surface area (Å²) in [6.45, 7) is 3.84. The highest BCUT2D eigenvalue weighted by molar-refractivity contribution is 9.10. The highest BCUT2D eigenvalue weighted by Crippen LogP contribution is 2.39. The lowest BCUT2D eigenvalue weighted by atomic mass is 10.2. The summed E-state index contributed by atoms with van der Waals surface area (Å²) in [5, 5.41) is 0. The van der Waals surface area contributed by atoms with E-state index in [0.29, 0.717) is 16.0 Å². The summed E-state index contributed by atoms with van der Waals surface area (Å²) in [7, 11) is -0.597. The third kappa shape index (κ3) is 3.67. The van der Waals surface area contributed by atoms with Crippen LogP contribution in [0, 0.1) is 0 Å². The number of ether oxygens (including phenoxy) is 2. The molecule has 1 fully saturated rings. The molecule has 0 saturated heterocycles. The fourth-order valence-electron chi connectivity index (χ4n) is 3.20. The number of methoxy groups -OCH3 is 2. The molecule has 0 N–H and O–H groups in total. The van der Waals surface area contributed by atoms with E-state index in [-0.39, 0.29) is 17.0 Å². The first kappa shape index (κ1) is 18.5. The van der Waals surface area contributed by atoms with Gasteiger partial charge < -0.3 is 9.47 Å². The monoisotopic (exact) mass is 405 g/mol. The van der Waals surface area contributed by atoms with E-state index in [9.17, 15) is 8.42 Å². The van der Waals surface area contributed by atoms with Crippen molar-refractivity contribution in [3.8, 4) is 11.5 Å². The maximum atomic E-state index is 13.2. The Labute approximate surface area is 147 Å². The van der Waals surface area contributed by atoms with E-state index in [1.165, 1.54) is 20.3 Å². The molecule has 0 spiro atoms. The molecule has 0 aliphatic heterocycles. The summed E-state index contributed by atoms with van der Waals surface area (Å²) >= 11 is 3.37. The van der Waals surface area contributed by atoms with Crippen molar-refractivity contribution in [2.24, 2.45) is 0 Å². The predicted octanol–water partition coefficient (Wildman–Crippen LogP) is 3.81. The number of nitrogens with zero attached hydrogens (tertiary/aromatic N) is 1. The molecule has 0 radical (unpaired) electrons. The van der Waals surface area contributed by atoms with Gasteiger partial charge in [0.1, 0.15) is 4.90 Å². The molecule has 0 bridgehead atoms. The molecule has 1 aliphatic rings. The molecule has 0 atom stereocenters. The first-order valence-corrected chi connectivity index (χ1v) is 10.0. The van der Waals surface area contributed by atoms with Crippen molar-refractivity contribution in [1.29, 1.82) is 0 Å². The van der Waals surface area contributed by atoms with E-state index in [2.05, 4.69) is 15.9 Å². The first-order chi connectivity index (χ1) is 10.8. The minimum Gasteiger partial charge on any atom is -0.493 e. The molecule has 2 rings (SSSR count). The van der Waals surface area contributed by atoms with Gasteiger partial charge in [0, 0.05) is 22.6 Å². The Morgan fingerprint density at radius 2 is 1.65 bits per heavy atom. The molecule has 0 amide bonds. The van der Waals surface area contributed by atoms with Crippen molar-refractivity contribution in [2.75, 3.05) is 14.2 Å². The van der Waals surface area contributed by atoms with Crippen molar-refractivity contribution in [1.82, 2.24) is 4.31 Å². The topological polar surface area (TPSA) is 55.8 Å². The Balaban J connectivity index is 2.52. The minimum absolute atomic E-state index is 0.0694. The van der Waals surface area contributed by atoms with Crippen LogP contribution in [0.25, 0.3) is 0 Å². The molecule has 0 heterocycles. The van der Waals surface area contributed by atoms with Crippen LogP contribution in [-0.2, 0) is 10.0 Å². The summed E-state index contributed by atoms with van der Waals surface area (Å²) < 4.78 is 39.1. The molecule has 1 aliphatic carbocycles. The standard InChI is InChI=1S/C16H24BrNO4S/c1-11(2)18(12-7-5-6-8-12)23(19,20)16-10-15(22-4)14(21-3)9-13(16)17/h9-12H,5-8H2,1-4H3. The van der Waals surface area contributed by atoms with Crippen molar-refractivity contribution < 1.29 is 17.9 Å². The third-order valence-electron chi connectivity index (χ3n) is 4.19. The van der Waals surface area contributed by atoms with Crippen molar-refractivity contribution in [3.63, 3.8) is 0 Å². The quantitative estimate of drug-likeness (QED) is 0.721. The van der Waals surface area contributed by atoms with Gasteiger partial charge in [-0.15, -0.1) is 0 Å². The second kappa shape index (κ2) is 7.40. The Morgan fingerprint density at radius 1 is 1.13 bits per heavy atom. The molecule has 7 heteroatoms. The SMILES string of the molecule is COc1cc(Br)c(S(=O)(=O)N(C(C)C)C2CCCC2)cc1OC. The predicted molar refractivity (Wildman–Crippen MR) is 93.7 cm³/mol. The Bertz CT molecular complexity index is 654. The number of hydrogen-bond donors (Lipinski definition) is 0. The lowest BCUT2D eigenvalue weighted by Crippen LogP contribution is -2.43. The van der Waals surface area contributed by atoms with E-state index >= 15 is 0 Å². The van der Waals surface area contributed by atoms with Crippen LogP contribution in [0.4, 0.5) is 0 Å². The third-order valence-corrected chi connectivity index (χ3v) is 7.27. The average Bonchev–Trinajstić information content (AvgIpc) is 2.99. The van der Waals surface area contributed by atoms with E-state index in [1.54, 1.807) is 10.4 Å². The molecule has 23 heavy (non-hydrogen) atoms. The minimum atomic E-state index is -3.62. The summed E-state index contributed by atoms with van der Waals surface area (Å²) in [6.07, 6.45) is 4.00. The molecule has 1 aromatic rings. The van der Waals surface area contributed by atoms with Crippen LogP contribution in [0.15, 0.2) is 21.5 Å². The second-order valence-corrected chi connectivity index (χ2v) is 8.67. The molecule has 130 valence electrons. The zero-order valence-corrected chi connectivity index (χ0v) is 16.4. The van der Waals surface area contributed by atoms with E-state index in [4.69, 9.17) is 9.47 Å². The van der Waals surface area contributed by atoms with Gasteiger partial charge in [-0.1, -0.05) is 12.8 Å². The Morgan fingerprint density at radius 3 is 2.13 bits per heavy atom. The summed E-state index contributed by atoms with van der Waals surface area (Å²) in [6, 6.07) is 3.14. The average molecular weight is 406 g/mol. The lowest BCUT2D eigenvalue weighted by Gasteiger charge is -2.32. The van der Waals surface area contributed by atoms with Crippen LogP contribution < -0.4 is 9.47 Å². The van der Waals surface area contributed by atoms with E-state index < -0.39 is 10.0 Å². The van der Waals surface area contributed by atoms with Crippen LogP contribution in [0.2, 0.25) is 0 Å². The smallest absolute Gasteiger partial charge is 0.244 e. The van der Waals surface area contributed by atoms with Crippen molar-refractivity contribution >= 4 is 26.0 Å². The van der Waals surface area contributed by atoms with Gasteiger partial charge in [-0.25, -0.2) is 8.42 Å². The van der Waals surface area contributed by atoms with Gasteiger partial charge in [-0.2, -0.15) is 4.31 Å². The summed E-state index contributed by atoms with van der Waals surface area (Å²) in [5.41, 5.74) is 0. The van der Waals surface area contributed by atoms with Crippen LogP contribution in [0.3, 0.4) is 0 Å². The normalized spacial score (nSPS) is 16.3. The highest BCUT2D eigenvalue weighted by atomic mass is 79.9. The van der Waals surface area contributed by atoms with Crippen LogP contribution in [0.1, 0.15) is 39.5 Å². The second-order valence-electron chi connectivity index (χ2n) is 6.00. The summed E-state index contributed by atoms with van der Waals surface area (Å²) in [4.78, 5) is 0.218. The van der Waals surface area contributed by atoms with Gasteiger partial charge in [-0.3, -0.25) is 0 Å². The van der Waals surface area contributed by atoms with Gasteiger partial charge in [0.05, 0.1) is 14.2 Å². The number of halogens is 1. The first-order valence-electron chi connectivity index (χ1n) is 7.78. The fourth-order valence-corrected chi connectivity index (χ4v) is 6.08. The van der Waals surface area contributed by atoms with Crippen LogP contribution in [-0.4, -0.2) is 39.0 Å². The number of sulfonamides is 1. The zero-order chi connectivity index (χ0) is 17.2. The van der Waals surface area contributed by atoms with E-state index in [0.717, 1.165) is 25.7 Å². The zero-order valence-electron chi connectivity index (χ0n) is 14.0. The maximum Gasteiger partial charge on any atom is 0.244 e. The highest BCUT2D eigenvalue weighted by Gasteiger charge is 2.36. The van der Waals surface area contributed by atoms with Gasteiger partial charge in [0.15, 0.2) is 11.5 Å².